The van der Waals surface area contributed by atoms with Gasteiger partial charge in [0.1, 0.15) is 11.4 Å². The molecule has 2 heterocycles. The van der Waals surface area contributed by atoms with Crippen molar-refractivity contribution in [2.24, 2.45) is 0 Å². The lowest BCUT2D eigenvalue weighted by Crippen LogP contribution is -2.41. The third-order valence-electron chi connectivity index (χ3n) is 6.30. The molecule has 0 radical (unpaired) electrons. The lowest BCUT2D eigenvalue weighted by Gasteiger charge is -2.34. The fourth-order valence-electron chi connectivity index (χ4n) is 4.44. The Morgan fingerprint density at radius 2 is 1.72 bits per heavy atom. The molecule has 1 aliphatic rings. The fourth-order valence-corrected chi connectivity index (χ4v) is 4.44. The number of ether oxygens (including phenoxy) is 1. The van der Waals surface area contributed by atoms with Gasteiger partial charge in [-0.2, -0.15) is 5.10 Å². The Bertz CT molecular complexity index is 1250. The number of hydrogen-bond acceptors (Lipinski definition) is 4. The van der Waals surface area contributed by atoms with Gasteiger partial charge in [0, 0.05) is 24.7 Å². The molecule has 2 amide bonds. The standard InChI is InChI=1S/C28H33FN4O3/c1-18-6-7-19(2)24(16-18)31-26(34)23-17-30-33(22-10-8-21(29)9-11-22)25(23)20-12-14-32(15-13-20)27(35)36-28(3,4)5/h6-11,16-17,20H,12-15H2,1-5H3,(H,31,34). The van der Waals surface area contributed by atoms with E-state index in [2.05, 4.69) is 10.4 Å². The highest BCUT2D eigenvalue weighted by atomic mass is 19.1. The molecule has 8 heteroatoms. The van der Waals surface area contributed by atoms with Crippen LogP contribution in [-0.4, -0.2) is 45.4 Å². The van der Waals surface area contributed by atoms with Gasteiger partial charge >= 0.3 is 6.09 Å². The maximum absolute atomic E-state index is 13.6. The summed E-state index contributed by atoms with van der Waals surface area (Å²) >= 11 is 0. The van der Waals surface area contributed by atoms with Crippen LogP contribution in [0.1, 0.15) is 66.7 Å². The second-order valence-corrected chi connectivity index (χ2v) is 10.3. The van der Waals surface area contributed by atoms with Crippen LogP contribution in [0.5, 0.6) is 0 Å². The van der Waals surface area contributed by atoms with Crippen molar-refractivity contribution in [2.45, 2.75) is 59.0 Å². The van der Waals surface area contributed by atoms with Crippen LogP contribution in [0.2, 0.25) is 0 Å². The van der Waals surface area contributed by atoms with E-state index in [1.54, 1.807) is 27.9 Å². The molecule has 0 bridgehead atoms. The molecule has 1 aromatic heterocycles. The van der Waals surface area contributed by atoms with Gasteiger partial charge in [-0.25, -0.2) is 13.9 Å². The number of anilines is 1. The normalized spacial score (nSPS) is 14.6. The van der Waals surface area contributed by atoms with Crippen molar-refractivity contribution in [1.82, 2.24) is 14.7 Å². The van der Waals surface area contributed by atoms with E-state index in [4.69, 9.17) is 4.74 Å². The summed E-state index contributed by atoms with van der Waals surface area (Å²) in [4.78, 5) is 27.7. The molecule has 0 saturated carbocycles. The summed E-state index contributed by atoms with van der Waals surface area (Å²) in [6.07, 6.45) is 2.53. The Hall–Kier alpha value is -3.68. The number of benzene rings is 2. The van der Waals surface area contributed by atoms with Crippen LogP contribution in [0.15, 0.2) is 48.7 Å². The third-order valence-corrected chi connectivity index (χ3v) is 6.30. The number of carbonyl (C=O) groups excluding carboxylic acids is 2. The number of rotatable bonds is 4. The van der Waals surface area contributed by atoms with Crippen LogP contribution >= 0.6 is 0 Å². The largest absolute Gasteiger partial charge is 0.444 e. The Labute approximate surface area is 211 Å². The SMILES string of the molecule is Cc1ccc(C)c(NC(=O)c2cnn(-c3ccc(F)cc3)c2C2CCN(C(=O)OC(C)(C)C)CC2)c1. The van der Waals surface area contributed by atoms with E-state index in [0.29, 0.717) is 37.2 Å². The van der Waals surface area contributed by atoms with Crippen molar-refractivity contribution in [3.63, 3.8) is 0 Å². The Morgan fingerprint density at radius 1 is 1.06 bits per heavy atom. The first-order valence-electron chi connectivity index (χ1n) is 12.2. The number of amides is 2. The molecular weight excluding hydrogens is 459 g/mol. The van der Waals surface area contributed by atoms with E-state index >= 15 is 0 Å². The van der Waals surface area contributed by atoms with E-state index in [1.807, 2.05) is 52.8 Å². The molecule has 2 aromatic carbocycles. The molecule has 0 unspecified atom stereocenters. The smallest absolute Gasteiger partial charge is 0.410 e. The highest BCUT2D eigenvalue weighted by Gasteiger charge is 2.32. The van der Waals surface area contributed by atoms with Crippen molar-refractivity contribution in [2.75, 3.05) is 18.4 Å². The first-order chi connectivity index (χ1) is 17.0. The molecule has 0 aliphatic carbocycles. The lowest BCUT2D eigenvalue weighted by atomic mass is 9.90. The van der Waals surface area contributed by atoms with Gasteiger partial charge < -0.3 is 15.0 Å². The first-order valence-corrected chi connectivity index (χ1v) is 12.2. The molecule has 190 valence electrons. The quantitative estimate of drug-likeness (QED) is 0.485. The monoisotopic (exact) mass is 492 g/mol. The molecule has 0 spiro atoms. The highest BCUT2D eigenvalue weighted by Crippen LogP contribution is 2.33. The van der Waals surface area contributed by atoms with Gasteiger partial charge in [-0.05, 0) is 88.9 Å². The van der Waals surface area contributed by atoms with Gasteiger partial charge in [-0.1, -0.05) is 12.1 Å². The van der Waals surface area contributed by atoms with Gasteiger partial charge in [0.25, 0.3) is 5.91 Å². The average molecular weight is 493 g/mol. The molecule has 1 aliphatic heterocycles. The van der Waals surface area contributed by atoms with E-state index < -0.39 is 5.60 Å². The zero-order valence-corrected chi connectivity index (χ0v) is 21.5. The van der Waals surface area contributed by atoms with Crippen LogP contribution in [0.4, 0.5) is 14.9 Å². The minimum atomic E-state index is -0.561. The summed E-state index contributed by atoms with van der Waals surface area (Å²) < 4.78 is 20.8. The van der Waals surface area contributed by atoms with E-state index in [1.165, 1.54) is 12.1 Å². The molecule has 1 saturated heterocycles. The first kappa shape index (κ1) is 25.4. The Balaban J connectivity index is 1.63. The summed E-state index contributed by atoms with van der Waals surface area (Å²) in [6.45, 7) is 10.5. The average Bonchev–Trinajstić information content (AvgIpc) is 3.26. The fraction of sp³-hybridized carbons (Fsp3) is 0.393. The predicted molar refractivity (Wildman–Crippen MR) is 137 cm³/mol. The van der Waals surface area contributed by atoms with Gasteiger partial charge in [-0.15, -0.1) is 0 Å². The van der Waals surface area contributed by atoms with Crippen molar-refractivity contribution in [1.29, 1.82) is 0 Å². The molecule has 0 atom stereocenters. The number of nitrogens with one attached hydrogen (secondary N) is 1. The van der Waals surface area contributed by atoms with Gasteiger partial charge in [-0.3, -0.25) is 4.79 Å². The molecule has 4 rings (SSSR count). The molecule has 36 heavy (non-hydrogen) atoms. The zero-order valence-electron chi connectivity index (χ0n) is 21.5. The van der Waals surface area contributed by atoms with E-state index in [-0.39, 0.29) is 23.7 Å². The summed E-state index contributed by atoms with van der Waals surface area (Å²) in [5.74, 6) is -0.608. The van der Waals surface area contributed by atoms with E-state index in [0.717, 1.165) is 22.5 Å². The maximum atomic E-state index is 13.6. The summed E-state index contributed by atoms with van der Waals surface area (Å²) in [5, 5.41) is 7.56. The van der Waals surface area contributed by atoms with Gasteiger partial charge in [0.15, 0.2) is 0 Å². The molecule has 1 N–H and O–H groups in total. The van der Waals surface area contributed by atoms with Crippen molar-refractivity contribution in [3.8, 4) is 5.69 Å². The van der Waals surface area contributed by atoms with Crippen molar-refractivity contribution < 1.29 is 18.7 Å². The maximum Gasteiger partial charge on any atom is 0.410 e. The number of halogens is 1. The second kappa shape index (κ2) is 10.1. The van der Waals surface area contributed by atoms with Crippen LogP contribution in [0, 0.1) is 19.7 Å². The minimum absolute atomic E-state index is 0.0180. The number of piperidine rings is 1. The summed E-state index contributed by atoms with van der Waals surface area (Å²) in [5.41, 5.74) is 4.10. The van der Waals surface area contributed by atoms with Crippen LogP contribution in [0.3, 0.4) is 0 Å². The summed E-state index contributed by atoms with van der Waals surface area (Å²) in [7, 11) is 0. The van der Waals surface area contributed by atoms with Gasteiger partial charge in [0.05, 0.1) is 23.1 Å². The summed E-state index contributed by atoms with van der Waals surface area (Å²) in [6, 6.07) is 12.0. The van der Waals surface area contributed by atoms with E-state index in [9.17, 15) is 14.0 Å². The number of likely N-dealkylation sites (tertiary alicyclic amines) is 1. The number of nitrogens with zero attached hydrogens (tertiary/aromatic N) is 3. The molecule has 3 aromatic rings. The van der Waals surface area contributed by atoms with Gasteiger partial charge in [0.2, 0.25) is 0 Å². The number of aromatic nitrogens is 2. The molecule has 1 fully saturated rings. The number of carbonyl (C=O) groups is 2. The highest BCUT2D eigenvalue weighted by molar-refractivity contribution is 6.05. The number of hydrogen-bond donors (Lipinski definition) is 1. The minimum Gasteiger partial charge on any atom is -0.444 e. The lowest BCUT2D eigenvalue weighted by molar-refractivity contribution is 0.0203. The molecular formula is C28H33FN4O3. The molecule has 7 nitrogen and oxygen atoms in total. The van der Waals surface area contributed by atoms with Crippen molar-refractivity contribution >= 4 is 17.7 Å². The predicted octanol–water partition coefficient (Wildman–Crippen LogP) is 6.00. The zero-order chi connectivity index (χ0) is 26.0. The third kappa shape index (κ3) is 5.75. The number of aryl methyl sites for hydroxylation is 2. The topological polar surface area (TPSA) is 76.5 Å². The van der Waals surface area contributed by atoms with Crippen LogP contribution in [0.25, 0.3) is 5.69 Å². The van der Waals surface area contributed by atoms with Crippen LogP contribution in [-0.2, 0) is 4.74 Å². The second-order valence-electron chi connectivity index (χ2n) is 10.3. The Morgan fingerprint density at radius 3 is 2.36 bits per heavy atom. The van der Waals surface area contributed by atoms with Crippen LogP contribution < -0.4 is 5.32 Å². The Kier molecular flexibility index (Phi) is 7.15. The van der Waals surface area contributed by atoms with Crippen molar-refractivity contribution in [3.05, 3.63) is 76.9 Å².